The first-order valence-electron chi connectivity index (χ1n) is 6.90. The van der Waals surface area contributed by atoms with E-state index < -0.39 is 5.54 Å². The van der Waals surface area contributed by atoms with Crippen molar-refractivity contribution >= 4 is 17.7 Å². The summed E-state index contributed by atoms with van der Waals surface area (Å²) in [7, 11) is 3.40. The summed E-state index contributed by atoms with van der Waals surface area (Å²) in [6, 6.07) is 0. The lowest BCUT2D eigenvalue weighted by Gasteiger charge is -2.30. The molecule has 0 amide bonds. The first kappa shape index (κ1) is 17.0. The fourth-order valence-corrected chi connectivity index (χ4v) is 3.24. The summed E-state index contributed by atoms with van der Waals surface area (Å²) in [5.41, 5.74) is -0.650. The molecule has 0 bridgehead atoms. The largest absolute Gasteiger partial charge is 0.468 e. The highest BCUT2D eigenvalue weighted by atomic mass is 32.2. The molecule has 0 saturated carbocycles. The van der Waals surface area contributed by atoms with Crippen LogP contribution in [0.5, 0.6) is 0 Å². The van der Waals surface area contributed by atoms with Gasteiger partial charge in [-0.1, -0.05) is 25.6 Å². The van der Waals surface area contributed by atoms with Crippen molar-refractivity contribution in [2.75, 3.05) is 13.7 Å². The molecule has 5 nitrogen and oxygen atoms in total. The van der Waals surface area contributed by atoms with E-state index in [2.05, 4.69) is 24.1 Å². The molecular weight excluding hydrogens is 274 g/mol. The molecule has 2 unspecified atom stereocenters. The molecule has 0 aromatic carbocycles. The zero-order chi connectivity index (χ0) is 15.2. The van der Waals surface area contributed by atoms with Crippen LogP contribution in [0.2, 0.25) is 0 Å². The zero-order valence-electron chi connectivity index (χ0n) is 13.0. The Hall–Kier alpha value is -1.01. The van der Waals surface area contributed by atoms with Crippen LogP contribution >= 0.6 is 11.8 Å². The molecule has 0 radical (unpaired) electrons. The van der Waals surface area contributed by atoms with E-state index in [1.165, 1.54) is 7.11 Å². The maximum absolute atomic E-state index is 12.0. The quantitative estimate of drug-likeness (QED) is 0.589. The van der Waals surface area contributed by atoms with Crippen LogP contribution in [-0.2, 0) is 16.6 Å². The van der Waals surface area contributed by atoms with Gasteiger partial charge in [-0.3, -0.25) is 4.79 Å². The highest BCUT2D eigenvalue weighted by Crippen LogP contribution is 2.28. The van der Waals surface area contributed by atoms with E-state index in [9.17, 15) is 4.79 Å². The molecule has 1 rings (SSSR count). The van der Waals surface area contributed by atoms with Crippen LogP contribution in [0, 0.1) is 0 Å². The molecule has 0 spiro atoms. The Balaban J connectivity index is 2.68. The Morgan fingerprint density at radius 3 is 2.85 bits per heavy atom. The molecule has 0 aliphatic rings. The second-order valence-electron chi connectivity index (χ2n) is 5.20. The molecule has 0 aliphatic carbocycles. The molecule has 1 aromatic rings. The molecule has 20 heavy (non-hydrogen) atoms. The minimum atomic E-state index is -0.650. The predicted molar refractivity (Wildman–Crippen MR) is 81.9 cm³/mol. The van der Waals surface area contributed by atoms with Crippen LogP contribution in [0.3, 0.4) is 0 Å². The highest BCUT2D eigenvalue weighted by molar-refractivity contribution is 7.99. The topological polar surface area (TPSA) is 56.2 Å². The lowest BCUT2D eigenvalue weighted by Crippen LogP contribution is -2.51. The predicted octanol–water partition coefficient (Wildman–Crippen LogP) is 2.22. The number of carbonyl (C=O) groups is 1. The fourth-order valence-electron chi connectivity index (χ4n) is 2.12. The van der Waals surface area contributed by atoms with Gasteiger partial charge in [0, 0.05) is 24.7 Å². The first-order chi connectivity index (χ1) is 9.42. The fraction of sp³-hybridized carbons (Fsp3) is 0.714. The van der Waals surface area contributed by atoms with Crippen molar-refractivity contribution in [3.63, 3.8) is 0 Å². The second kappa shape index (κ2) is 7.69. The number of esters is 1. The number of carbonyl (C=O) groups excluding carboxylic acids is 1. The number of imidazole rings is 1. The van der Waals surface area contributed by atoms with Crippen LogP contribution < -0.4 is 5.32 Å². The van der Waals surface area contributed by atoms with Crippen molar-refractivity contribution in [2.24, 2.45) is 7.05 Å². The lowest BCUT2D eigenvalue weighted by molar-refractivity contribution is -0.148. The summed E-state index contributed by atoms with van der Waals surface area (Å²) in [5, 5.41) is 4.52. The van der Waals surface area contributed by atoms with E-state index in [4.69, 9.17) is 4.74 Å². The summed E-state index contributed by atoms with van der Waals surface area (Å²) < 4.78 is 6.92. The van der Waals surface area contributed by atoms with Crippen molar-refractivity contribution in [3.8, 4) is 0 Å². The molecule has 114 valence electrons. The molecule has 1 aromatic heterocycles. The molecule has 0 saturated heterocycles. The zero-order valence-corrected chi connectivity index (χ0v) is 13.8. The van der Waals surface area contributed by atoms with Crippen LogP contribution in [0.4, 0.5) is 0 Å². The van der Waals surface area contributed by atoms with E-state index in [-0.39, 0.29) is 11.2 Å². The minimum absolute atomic E-state index is 0.210. The summed E-state index contributed by atoms with van der Waals surface area (Å²) in [6.07, 6.45) is 5.37. The van der Waals surface area contributed by atoms with Crippen LogP contribution in [0.15, 0.2) is 17.6 Å². The maximum atomic E-state index is 12.0. The number of aryl methyl sites for hydroxylation is 1. The number of hydrogen-bond acceptors (Lipinski definition) is 5. The van der Waals surface area contributed by atoms with Gasteiger partial charge in [-0.25, -0.2) is 4.98 Å². The number of hydrogen-bond donors (Lipinski definition) is 1. The number of nitrogens with zero attached hydrogens (tertiary/aromatic N) is 2. The average Bonchev–Trinajstić information content (AvgIpc) is 2.80. The van der Waals surface area contributed by atoms with Crippen molar-refractivity contribution in [1.82, 2.24) is 14.9 Å². The third-order valence-electron chi connectivity index (χ3n) is 3.18. The molecule has 6 heteroatoms. The minimum Gasteiger partial charge on any atom is -0.468 e. The third-order valence-corrected chi connectivity index (χ3v) is 4.35. The molecule has 0 aliphatic heterocycles. The Labute approximate surface area is 125 Å². The van der Waals surface area contributed by atoms with Crippen molar-refractivity contribution in [1.29, 1.82) is 0 Å². The highest BCUT2D eigenvalue weighted by Gasteiger charge is 2.35. The van der Waals surface area contributed by atoms with Crippen LogP contribution in [-0.4, -0.2) is 40.0 Å². The molecule has 2 atom stereocenters. The molecular formula is C14H25N3O2S. The number of rotatable bonds is 8. The van der Waals surface area contributed by atoms with Crippen molar-refractivity contribution in [2.45, 2.75) is 49.6 Å². The summed E-state index contributed by atoms with van der Waals surface area (Å²) in [5.74, 6) is -0.210. The van der Waals surface area contributed by atoms with Crippen molar-refractivity contribution < 1.29 is 9.53 Å². The Kier molecular flexibility index (Phi) is 6.55. The SMILES string of the molecule is CCCNC(C)(CC(C)Sc1nccn1C)C(=O)OC. The van der Waals surface area contributed by atoms with Gasteiger partial charge in [0.2, 0.25) is 0 Å². The van der Waals surface area contributed by atoms with E-state index in [0.717, 1.165) is 18.1 Å². The van der Waals surface area contributed by atoms with Gasteiger partial charge in [0.1, 0.15) is 5.54 Å². The summed E-state index contributed by atoms with van der Waals surface area (Å²) >= 11 is 1.67. The van der Waals surface area contributed by atoms with Gasteiger partial charge < -0.3 is 14.6 Å². The van der Waals surface area contributed by atoms with Crippen LogP contribution in [0.25, 0.3) is 0 Å². The summed E-state index contributed by atoms with van der Waals surface area (Å²) in [6.45, 7) is 6.89. The van der Waals surface area contributed by atoms with Crippen LogP contribution in [0.1, 0.15) is 33.6 Å². The normalized spacial score (nSPS) is 15.7. The first-order valence-corrected chi connectivity index (χ1v) is 7.78. The lowest BCUT2D eigenvalue weighted by atomic mass is 9.96. The monoisotopic (exact) mass is 299 g/mol. The molecule has 0 fully saturated rings. The van der Waals surface area contributed by atoms with Gasteiger partial charge >= 0.3 is 5.97 Å². The number of thioether (sulfide) groups is 1. The van der Waals surface area contributed by atoms with E-state index >= 15 is 0 Å². The average molecular weight is 299 g/mol. The maximum Gasteiger partial charge on any atom is 0.325 e. The number of aromatic nitrogens is 2. The number of methoxy groups -OCH3 is 1. The third kappa shape index (κ3) is 4.52. The van der Waals surface area contributed by atoms with Gasteiger partial charge in [0.05, 0.1) is 7.11 Å². The smallest absolute Gasteiger partial charge is 0.325 e. The van der Waals surface area contributed by atoms with Gasteiger partial charge in [0.25, 0.3) is 0 Å². The second-order valence-corrected chi connectivity index (χ2v) is 6.61. The van der Waals surface area contributed by atoms with Gasteiger partial charge in [0.15, 0.2) is 5.16 Å². The van der Waals surface area contributed by atoms with E-state index in [1.54, 1.807) is 18.0 Å². The number of ether oxygens (including phenoxy) is 1. The van der Waals surface area contributed by atoms with Crippen molar-refractivity contribution in [3.05, 3.63) is 12.4 Å². The molecule has 1 heterocycles. The van der Waals surface area contributed by atoms with Gasteiger partial charge in [-0.15, -0.1) is 0 Å². The molecule has 1 N–H and O–H groups in total. The Morgan fingerprint density at radius 1 is 1.65 bits per heavy atom. The Bertz CT molecular complexity index is 436. The Morgan fingerprint density at radius 2 is 2.35 bits per heavy atom. The van der Waals surface area contributed by atoms with Gasteiger partial charge in [-0.05, 0) is 26.3 Å². The summed E-state index contributed by atoms with van der Waals surface area (Å²) in [4.78, 5) is 16.3. The number of nitrogens with one attached hydrogen (secondary N) is 1. The van der Waals surface area contributed by atoms with Gasteiger partial charge in [-0.2, -0.15) is 0 Å². The van der Waals surface area contributed by atoms with E-state index in [0.29, 0.717) is 6.42 Å². The standard InChI is InChI=1S/C14H25N3O2S/c1-6-7-16-14(3,12(18)19-5)10-11(2)20-13-15-8-9-17(13)4/h8-9,11,16H,6-7,10H2,1-5H3. The van der Waals surface area contributed by atoms with E-state index in [1.807, 2.05) is 24.7 Å².